The molecule has 23 valence electrons. The number of hydrogen-bond acceptors (Lipinski definition) is 1. The predicted octanol–water partition coefficient (Wildman–Crippen LogP) is -3.16. The van der Waals surface area contributed by atoms with Crippen LogP contribution in [0.5, 0.6) is 0 Å². The van der Waals surface area contributed by atoms with E-state index in [1.165, 1.54) is 0 Å². The van der Waals surface area contributed by atoms with E-state index in [1.807, 2.05) is 0 Å². The zero-order chi connectivity index (χ0) is 2.00. The molecule has 1 radical (unpaired) electrons. The molecule has 0 aliphatic heterocycles. The van der Waals surface area contributed by atoms with E-state index in [1.54, 1.807) is 0 Å². The summed E-state index contributed by atoms with van der Waals surface area (Å²) in [6.45, 7) is 3.25. The van der Waals surface area contributed by atoms with Gasteiger partial charge >= 0.3 is 29.6 Å². The van der Waals surface area contributed by atoms with Gasteiger partial charge in [-0.15, -0.1) is 0 Å². The Balaban J connectivity index is -0.00000000167. The SMILES string of the molecule is [CH-]=O.[Co].[H-].[Na+]. The van der Waals surface area contributed by atoms with Gasteiger partial charge in [0.15, 0.2) is 0 Å². The van der Waals surface area contributed by atoms with Gasteiger partial charge in [-0.1, -0.05) is 0 Å². The predicted molar refractivity (Wildman–Crippen MR) is 7.86 cm³/mol. The monoisotopic (exact) mass is 112 g/mol. The van der Waals surface area contributed by atoms with Gasteiger partial charge in [-0.25, -0.2) is 0 Å². The molecule has 0 bridgehead atoms. The van der Waals surface area contributed by atoms with Crippen LogP contribution >= 0.6 is 0 Å². The van der Waals surface area contributed by atoms with Crippen LogP contribution in [0, 0.1) is 0 Å². The summed E-state index contributed by atoms with van der Waals surface area (Å²) in [5.74, 6) is 0. The first-order valence-corrected chi connectivity index (χ1v) is 0.236. The first-order chi connectivity index (χ1) is 1.00. The van der Waals surface area contributed by atoms with Gasteiger partial charge in [-0.2, -0.15) is 0 Å². The molecular weight excluding hydrogens is 110 g/mol. The molecule has 0 unspecified atom stereocenters. The van der Waals surface area contributed by atoms with Crippen molar-refractivity contribution in [2.24, 2.45) is 0 Å². The fourth-order valence-corrected chi connectivity index (χ4v) is 0. The van der Waals surface area contributed by atoms with Crippen molar-refractivity contribution >= 4 is 6.79 Å². The van der Waals surface area contributed by atoms with Crippen LogP contribution in [0.2, 0.25) is 0 Å². The molecule has 0 aliphatic rings. The molecule has 0 aliphatic carbocycles. The maximum Gasteiger partial charge on any atom is 1.00 e. The number of rotatable bonds is 0. The number of carbonyl (C=O) groups excluding carboxylic acids is 1. The molecule has 0 N–H and O–H groups in total. The number of hydrogen-bond donors (Lipinski definition) is 0. The van der Waals surface area contributed by atoms with Gasteiger partial charge in [-0.3, -0.25) is 6.79 Å². The fraction of sp³-hybridized carbons (Fsp3) is 0. The topological polar surface area (TPSA) is 17.1 Å². The van der Waals surface area contributed by atoms with Crippen LogP contribution in [0.25, 0.3) is 0 Å². The second-order valence-electron chi connectivity index (χ2n) is 0. The van der Waals surface area contributed by atoms with Gasteiger partial charge in [0.05, 0.1) is 0 Å². The van der Waals surface area contributed by atoms with Crippen LogP contribution in [0.15, 0.2) is 0 Å². The van der Waals surface area contributed by atoms with E-state index in [4.69, 9.17) is 4.79 Å². The third-order valence-corrected chi connectivity index (χ3v) is 0. The molecule has 1 nitrogen and oxygen atoms in total. The summed E-state index contributed by atoms with van der Waals surface area (Å²) in [6.07, 6.45) is 0. The molecule has 0 saturated carbocycles. The molecule has 0 atom stereocenters. The Bertz CT molecular complexity index is 11.6. The van der Waals surface area contributed by atoms with Gasteiger partial charge in [0.1, 0.15) is 0 Å². The molecule has 0 heterocycles. The van der Waals surface area contributed by atoms with Crippen molar-refractivity contribution in [3.63, 3.8) is 0 Å². The second-order valence-corrected chi connectivity index (χ2v) is 0. The van der Waals surface area contributed by atoms with Crippen LogP contribution in [0.1, 0.15) is 1.43 Å². The summed E-state index contributed by atoms with van der Waals surface area (Å²) in [5.41, 5.74) is 0. The molecule has 0 aromatic carbocycles. The van der Waals surface area contributed by atoms with Crippen LogP contribution in [-0.2, 0) is 21.6 Å². The average molecular weight is 112 g/mol. The summed E-state index contributed by atoms with van der Waals surface area (Å²) < 4.78 is 0. The molecule has 4 heavy (non-hydrogen) atoms. The Hall–Kier alpha value is 1.18. The molecular formula is CH2CoNaO-. The van der Waals surface area contributed by atoms with Gasteiger partial charge in [0, 0.05) is 16.8 Å². The second kappa shape index (κ2) is 30.4. The molecule has 0 fully saturated rings. The Morgan fingerprint density at radius 2 is 1.50 bits per heavy atom. The van der Waals surface area contributed by atoms with E-state index < -0.39 is 0 Å². The van der Waals surface area contributed by atoms with E-state index in [9.17, 15) is 0 Å². The van der Waals surface area contributed by atoms with Crippen molar-refractivity contribution in [1.29, 1.82) is 0 Å². The minimum Gasteiger partial charge on any atom is -1.00 e. The third-order valence-electron chi connectivity index (χ3n) is 0. The van der Waals surface area contributed by atoms with Crippen LogP contribution in [0.3, 0.4) is 0 Å². The van der Waals surface area contributed by atoms with Crippen molar-refractivity contribution in [2.75, 3.05) is 0 Å². The standard InChI is InChI=1S/CHO.Co.Na.H/c1-2;;;/h1H;;;/q-1;;+1;-1. The molecule has 0 spiro atoms. The van der Waals surface area contributed by atoms with Crippen molar-refractivity contribution < 1.29 is 52.6 Å². The molecule has 0 rings (SSSR count). The minimum atomic E-state index is 0. The first-order valence-electron chi connectivity index (χ1n) is 0.236. The maximum absolute atomic E-state index is 7.75. The zero-order valence-corrected chi connectivity index (χ0v) is 5.36. The van der Waals surface area contributed by atoms with Crippen molar-refractivity contribution in [3.8, 4) is 0 Å². The van der Waals surface area contributed by atoms with Crippen LogP contribution < -0.4 is 29.6 Å². The minimum absolute atomic E-state index is 0. The first kappa shape index (κ1) is 19.1. The van der Waals surface area contributed by atoms with Gasteiger partial charge < -0.3 is 6.22 Å². The van der Waals surface area contributed by atoms with E-state index in [0.717, 1.165) is 0 Å². The van der Waals surface area contributed by atoms with Crippen LogP contribution in [0.4, 0.5) is 0 Å². The van der Waals surface area contributed by atoms with Crippen molar-refractivity contribution in [3.05, 3.63) is 0 Å². The Morgan fingerprint density at radius 3 is 1.50 bits per heavy atom. The summed E-state index contributed by atoms with van der Waals surface area (Å²) >= 11 is 0. The molecule has 0 aromatic heterocycles. The summed E-state index contributed by atoms with van der Waals surface area (Å²) in [7, 11) is 0. The van der Waals surface area contributed by atoms with Gasteiger partial charge in [0.2, 0.25) is 0 Å². The quantitative estimate of drug-likeness (QED) is 0.183. The third kappa shape index (κ3) is 10.9. The Morgan fingerprint density at radius 1 is 1.50 bits per heavy atom. The average Bonchev–Trinajstić information content (AvgIpc) is 1.00. The zero-order valence-electron chi connectivity index (χ0n) is 3.32. The fourth-order valence-electron chi connectivity index (χ4n) is 0. The molecule has 0 saturated heterocycles. The van der Waals surface area contributed by atoms with E-state index in [2.05, 4.69) is 6.79 Å². The van der Waals surface area contributed by atoms with Gasteiger partial charge in [0.25, 0.3) is 0 Å². The largest absolute Gasteiger partial charge is 1.00 e. The van der Waals surface area contributed by atoms with Crippen molar-refractivity contribution in [1.82, 2.24) is 0 Å². The van der Waals surface area contributed by atoms with E-state index >= 15 is 0 Å². The molecule has 0 aromatic rings. The van der Waals surface area contributed by atoms with Gasteiger partial charge in [-0.05, 0) is 0 Å². The summed E-state index contributed by atoms with van der Waals surface area (Å²) in [4.78, 5) is 7.75. The van der Waals surface area contributed by atoms with E-state index in [-0.39, 0.29) is 47.8 Å². The van der Waals surface area contributed by atoms with E-state index in [0.29, 0.717) is 0 Å². The molecule has 3 heteroatoms. The van der Waals surface area contributed by atoms with Crippen molar-refractivity contribution in [2.45, 2.75) is 0 Å². The summed E-state index contributed by atoms with van der Waals surface area (Å²) in [6, 6.07) is 0. The Labute approximate surface area is 59.1 Å². The molecule has 0 amide bonds. The van der Waals surface area contributed by atoms with Crippen LogP contribution in [-0.4, -0.2) is 6.79 Å². The maximum atomic E-state index is 7.75. The summed E-state index contributed by atoms with van der Waals surface area (Å²) in [5, 5.41) is 0. The normalized spacial score (nSPS) is 1.00. The Kier molecular flexibility index (Phi) is 145. The smallest absolute Gasteiger partial charge is 1.00 e.